The van der Waals surface area contributed by atoms with Gasteiger partial charge in [0.1, 0.15) is 16.9 Å². The van der Waals surface area contributed by atoms with E-state index in [1.165, 1.54) is 10.4 Å². The third-order valence-electron chi connectivity index (χ3n) is 4.51. The van der Waals surface area contributed by atoms with Gasteiger partial charge in [0.25, 0.3) is 0 Å². The van der Waals surface area contributed by atoms with Crippen molar-refractivity contribution in [1.29, 1.82) is 0 Å². The number of nitrogens with zero attached hydrogens (tertiary/aromatic N) is 3. The minimum absolute atomic E-state index is 0.716. The van der Waals surface area contributed by atoms with E-state index in [2.05, 4.69) is 65.1 Å². The third-order valence-corrected chi connectivity index (χ3v) is 5.98. The van der Waals surface area contributed by atoms with Crippen LogP contribution in [0.1, 0.15) is 16.9 Å². The first-order valence-corrected chi connectivity index (χ1v) is 10.5. The Balaban J connectivity index is 1.56. The van der Waals surface area contributed by atoms with Crippen LogP contribution in [0, 0.1) is 6.92 Å². The zero-order valence-electron chi connectivity index (χ0n) is 15.3. The molecule has 4 rings (SSSR count). The molecule has 6 heteroatoms. The Kier molecular flexibility index (Phi) is 5.27. The van der Waals surface area contributed by atoms with Gasteiger partial charge in [0.05, 0.1) is 17.2 Å². The van der Waals surface area contributed by atoms with Crippen molar-refractivity contribution in [3.63, 3.8) is 0 Å². The number of hydrogen-bond donors (Lipinski definition) is 0. The van der Waals surface area contributed by atoms with Crippen LogP contribution < -0.4 is 4.90 Å². The Morgan fingerprint density at radius 3 is 2.70 bits per heavy atom. The van der Waals surface area contributed by atoms with Gasteiger partial charge in [-0.15, -0.1) is 11.3 Å². The lowest BCUT2D eigenvalue weighted by molar-refractivity contribution is 0.568. The van der Waals surface area contributed by atoms with E-state index < -0.39 is 0 Å². The van der Waals surface area contributed by atoms with Crippen molar-refractivity contribution in [2.45, 2.75) is 19.8 Å². The molecule has 0 spiro atoms. The molecule has 0 bridgehead atoms. The molecular weight excluding hydrogens is 422 g/mol. The van der Waals surface area contributed by atoms with E-state index in [4.69, 9.17) is 14.4 Å². The van der Waals surface area contributed by atoms with Gasteiger partial charge < -0.3 is 9.32 Å². The van der Waals surface area contributed by atoms with Crippen molar-refractivity contribution in [3.05, 3.63) is 63.8 Å². The summed E-state index contributed by atoms with van der Waals surface area (Å²) in [5.41, 5.74) is 2.26. The van der Waals surface area contributed by atoms with Crippen molar-refractivity contribution < 1.29 is 4.42 Å². The summed E-state index contributed by atoms with van der Waals surface area (Å²) in [6, 6.07) is 12.6. The van der Waals surface area contributed by atoms with Crippen LogP contribution in [0.15, 0.2) is 57.8 Å². The predicted octanol–water partition coefficient (Wildman–Crippen LogP) is 6.09. The molecule has 138 valence electrons. The Morgan fingerprint density at radius 1 is 1.15 bits per heavy atom. The molecule has 3 aromatic heterocycles. The van der Waals surface area contributed by atoms with Crippen LogP contribution in [0.5, 0.6) is 0 Å². The van der Waals surface area contributed by atoms with Gasteiger partial charge in [0.15, 0.2) is 5.82 Å². The molecule has 4 nitrogen and oxygen atoms in total. The van der Waals surface area contributed by atoms with E-state index in [0.717, 1.165) is 45.5 Å². The molecule has 0 radical (unpaired) electrons. The van der Waals surface area contributed by atoms with Crippen LogP contribution in [0.3, 0.4) is 0 Å². The van der Waals surface area contributed by atoms with Crippen LogP contribution >= 0.6 is 27.3 Å². The van der Waals surface area contributed by atoms with E-state index in [9.17, 15) is 0 Å². The van der Waals surface area contributed by atoms with Crippen molar-refractivity contribution in [3.8, 4) is 11.4 Å². The Hall–Kier alpha value is -2.18. The fraction of sp³-hybridized carbons (Fsp3) is 0.238. The molecular formula is C21H20BrN3OS. The number of furan rings is 1. The van der Waals surface area contributed by atoms with E-state index in [1.54, 1.807) is 23.9 Å². The summed E-state index contributed by atoms with van der Waals surface area (Å²) >= 11 is 5.19. The first kappa shape index (κ1) is 18.2. The molecule has 3 heterocycles. The molecule has 0 saturated carbocycles. The first-order chi connectivity index (χ1) is 13.1. The standard InChI is InChI=1S/C21H20BrN3OS/c1-14-12-18-20(23-19(24-21(18)27-14)16-9-11-26-13-16)25(2)10-3-4-15-5-7-17(22)8-6-15/h5-9,11-13H,3-4,10H2,1-2H3. The number of thiophene rings is 1. The molecule has 0 N–H and O–H groups in total. The van der Waals surface area contributed by atoms with E-state index in [-0.39, 0.29) is 0 Å². The molecule has 0 amide bonds. The highest BCUT2D eigenvalue weighted by Crippen LogP contribution is 2.32. The fourth-order valence-corrected chi connectivity index (χ4v) is 4.25. The zero-order valence-corrected chi connectivity index (χ0v) is 17.7. The molecule has 0 fully saturated rings. The Labute approximate surface area is 171 Å². The topological polar surface area (TPSA) is 42.2 Å². The summed E-state index contributed by atoms with van der Waals surface area (Å²) in [7, 11) is 2.11. The maximum atomic E-state index is 5.22. The highest BCUT2D eigenvalue weighted by atomic mass is 79.9. The number of benzene rings is 1. The Bertz CT molecular complexity index is 1040. The molecule has 0 saturated heterocycles. The number of rotatable bonds is 6. The van der Waals surface area contributed by atoms with Gasteiger partial charge >= 0.3 is 0 Å². The van der Waals surface area contributed by atoms with Crippen LogP contribution in [-0.4, -0.2) is 23.6 Å². The van der Waals surface area contributed by atoms with E-state index in [0.29, 0.717) is 5.82 Å². The average molecular weight is 442 g/mol. The van der Waals surface area contributed by atoms with Gasteiger partial charge in [-0.2, -0.15) is 0 Å². The smallest absolute Gasteiger partial charge is 0.166 e. The van der Waals surface area contributed by atoms with Crippen molar-refractivity contribution in [2.75, 3.05) is 18.5 Å². The first-order valence-electron chi connectivity index (χ1n) is 8.86. The number of aromatic nitrogens is 2. The molecule has 0 aliphatic rings. The minimum atomic E-state index is 0.716. The summed E-state index contributed by atoms with van der Waals surface area (Å²) in [6.07, 6.45) is 5.46. The van der Waals surface area contributed by atoms with Gasteiger partial charge in [-0.1, -0.05) is 28.1 Å². The van der Waals surface area contributed by atoms with Gasteiger partial charge in [0, 0.05) is 22.9 Å². The summed E-state index contributed by atoms with van der Waals surface area (Å²) in [4.78, 5) is 14.1. The zero-order chi connectivity index (χ0) is 18.8. The fourth-order valence-electron chi connectivity index (χ4n) is 3.12. The molecule has 27 heavy (non-hydrogen) atoms. The number of halogens is 1. The van der Waals surface area contributed by atoms with Crippen LogP contribution in [0.25, 0.3) is 21.6 Å². The minimum Gasteiger partial charge on any atom is -0.472 e. The lowest BCUT2D eigenvalue weighted by Gasteiger charge is -2.19. The molecule has 0 aliphatic heterocycles. The summed E-state index contributed by atoms with van der Waals surface area (Å²) in [5.74, 6) is 1.70. The number of anilines is 1. The van der Waals surface area contributed by atoms with Gasteiger partial charge in [-0.05, 0) is 49.6 Å². The lowest BCUT2D eigenvalue weighted by Crippen LogP contribution is -2.21. The quantitative estimate of drug-likeness (QED) is 0.362. The molecule has 0 aliphatic carbocycles. The average Bonchev–Trinajstić information content (AvgIpc) is 3.31. The van der Waals surface area contributed by atoms with E-state index in [1.807, 2.05) is 6.07 Å². The maximum absolute atomic E-state index is 5.22. The molecule has 0 unspecified atom stereocenters. The second-order valence-electron chi connectivity index (χ2n) is 6.61. The van der Waals surface area contributed by atoms with Crippen molar-refractivity contribution in [2.24, 2.45) is 0 Å². The third kappa shape index (κ3) is 4.06. The van der Waals surface area contributed by atoms with Crippen LogP contribution in [0.2, 0.25) is 0 Å². The SMILES string of the molecule is Cc1cc2c(N(C)CCCc3ccc(Br)cc3)nc(-c3ccoc3)nc2s1. The van der Waals surface area contributed by atoms with Crippen molar-refractivity contribution in [1.82, 2.24) is 9.97 Å². The normalized spacial score (nSPS) is 11.2. The Morgan fingerprint density at radius 2 is 1.96 bits per heavy atom. The monoisotopic (exact) mass is 441 g/mol. The summed E-state index contributed by atoms with van der Waals surface area (Å²) < 4.78 is 6.33. The highest BCUT2D eigenvalue weighted by molar-refractivity contribution is 9.10. The summed E-state index contributed by atoms with van der Waals surface area (Å²) in [6.45, 7) is 3.04. The molecule has 4 aromatic rings. The predicted molar refractivity (Wildman–Crippen MR) is 116 cm³/mol. The molecule has 0 atom stereocenters. The number of hydrogen-bond acceptors (Lipinski definition) is 5. The number of fused-ring (bicyclic) bond motifs is 1. The van der Waals surface area contributed by atoms with Gasteiger partial charge in [0.2, 0.25) is 0 Å². The summed E-state index contributed by atoms with van der Waals surface area (Å²) in [5, 5.41) is 1.12. The second kappa shape index (κ2) is 7.82. The van der Waals surface area contributed by atoms with Gasteiger partial charge in [-0.25, -0.2) is 9.97 Å². The van der Waals surface area contributed by atoms with Crippen LogP contribution in [0.4, 0.5) is 5.82 Å². The largest absolute Gasteiger partial charge is 0.472 e. The molecule has 1 aromatic carbocycles. The van der Waals surface area contributed by atoms with Crippen molar-refractivity contribution >= 4 is 43.3 Å². The maximum Gasteiger partial charge on any atom is 0.166 e. The van der Waals surface area contributed by atoms with E-state index >= 15 is 0 Å². The van der Waals surface area contributed by atoms with Gasteiger partial charge in [-0.3, -0.25) is 0 Å². The number of aryl methyl sites for hydroxylation is 2. The second-order valence-corrected chi connectivity index (χ2v) is 8.76. The highest BCUT2D eigenvalue weighted by Gasteiger charge is 2.15. The lowest BCUT2D eigenvalue weighted by atomic mass is 10.1. The van der Waals surface area contributed by atoms with Crippen LogP contribution in [-0.2, 0) is 6.42 Å².